The van der Waals surface area contributed by atoms with Gasteiger partial charge in [-0.05, 0) is 46.7 Å². The van der Waals surface area contributed by atoms with Gasteiger partial charge in [-0.15, -0.1) is 0 Å². The van der Waals surface area contributed by atoms with Gasteiger partial charge in [-0.3, -0.25) is 0 Å². The van der Waals surface area contributed by atoms with Crippen molar-refractivity contribution < 1.29 is 8.83 Å². The average molecular weight is 550 g/mol. The van der Waals surface area contributed by atoms with Gasteiger partial charge in [0.25, 0.3) is 0 Å². The maximum absolute atomic E-state index is 6.70. The summed E-state index contributed by atoms with van der Waals surface area (Å²) >= 11 is 0. The summed E-state index contributed by atoms with van der Waals surface area (Å²) in [5.41, 5.74) is 9.20. The molecule has 0 aliphatic rings. The molecule has 0 atom stereocenters. The highest BCUT2D eigenvalue weighted by Crippen LogP contribution is 2.45. The fraction of sp³-hybridized carbons (Fsp3) is 0. The number of hydrogen-bond acceptors (Lipinski definition) is 2. The van der Waals surface area contributed by atoms with E-state index >= 15 is 0 Å². The van der Waals surface area contributed by atoms with Crippen molar-refractivity contribution in [2.45, 2.75) is 0 Å². The van der Waals surface area contributed by atoms with Crippen LogP contribution in [0.5, 0.6) is 0 Å². The van der Waals surface area contributed by atoms with Gasteiger partial charge in [0, 0.05) is 43.6 Å². The summed E-state index contributed by atoms with van der Waals surface area (Å²) in [4.78, 5) is 0. The van der Waals surface area contributed by atoms with Crippen molar-refractivity contribution in [3.63, 3.8) is 0 Å². The van der Waals surface area contributed by atoms with E-state index in [0.29, 0.717) is 0 Å². The third-order valence-electron chi connectivity index (χ3n) is 8.99. The minimum atomic E-state index is 0.904. The molecule has 0 fully saturated rings. The summed E-state index contributed by atoms with van der Waals surface area (Å²) in [5, 5.41) is 9.47. The molecular formula is C40H23NO2. The van der Waals surface area contributed by atoms with E-state index in [4.69, 9.17) is 8.83 Å². The van der Waals surface area contributed by atoms with Gasteiger partial charge in [0.1, 0.15) is 16.7 Å². The van der Waals surface area contributed by atoms with Crippen molar-refractivity contribution in [3.05, 3.63) is 140 Å². The first-order valence-corrected chi connectivity index (χ1v) is 14.6. The summed E-state index contributed by atoms with van der Waals surface area (Å²) in [7, 11) is 0. The van der Waals surface area contributed by atoms with E-state index in [2.05, 4.69) is 126 Å². The van der Waals surface area contributed by atoms with Crippen molar-refractivity contribution in [3.8, 4) is 16.8 Å². The fourth-order valence-corrected chi connectivity index (χ4v) is 7.16. The zero-order valence-electron chi connectivity index (χ0n) is 23.0. The van der Waals surface area contributed by atoms with E-state index in [-0.39, 0.29) is 0 Å². The number of rotatable bonds is 2. The minimum Gasteiger partial charge on any atom is -0.455 e. The topological polar surface area (TPSA) is 31.2 Å². The molecule has 0 radical (unpaired) electrons. The number of aromatic nitrogens is 1. The van der Waals surface area contributed by atoms with Crippen molar-refractivity contribution in [2.24, 2.45) is 0 Å². The molecule has 0 saturated carbocycles. The van der Waals surface area contributed by atoms with Crippen LogP contribution in [0.4, 0.5) is 0 Å². The van der Waals surface area contributed by atoms with Crippen molar-refractivity contribution in [1.29, 1.82) is 0 Å². The summed E-state index contributed by atoms with van der Waals surface area (Å²) in [6, 6.07) is 49.2. The molecule has 0 bridgehead atoms. The monoisotopic (exact) mass is 549 g/mol. The van der Waals surface area contributed by atoms with Crippen molar-refractivity contribution in [2.75, 3.05) is 0 Å². The molecule has 7 aromatic carbocycles. The molecular weight excluding hydrogens is 526 g/mol. The maximum Gasteiger partial charge on any atom is 0.160 e. The lowest BCUT2D eigenvalue weighted by molar-refractivity contribution is 0.670. The van der Waals surface area contributed by atoms with Crippen LogP contribution in [0.1, 0.15) is 0 Å². The molecule has 10 rings (SSSR count). The van der Waals surface area contributed by atoms with E-state index in [9.17, 15) is 0 Å². The van der Waals surface area contributed by atoms with Crippen LogP contribution in [0.15, 0.2) is 148 Å². The van der Waals surface area contributed by atoms with Crippen LogP contribution in [0.3, 0.4) is 0 Å². The molecule has 0 N–H and O–H groups in total. The zero-order chi connectivity index (χ0) is 28.1. The Labute approximate surface area is 245 Å². The number of para-hydroxylation sites is 4. The predicted octanol–water partition coefficient (Wildman–Crippen LogP) is 11.4. The van der Waals surface area contributed by atoms with Crippen molar-refractivity contribution >= 4 is 76.5 Å². The van der Waals surface area contributed by atoms with E-state index in [1.807, 2.05) is 18.2 Å². The van der Waals surface area contributed by atoms with Gasteiger partial charge in [0.15, 0.2) is 5.58 Å². The molecule has 0 amide bonds. The van der Waals surface area contributed by atoms with Crippen LogP contribution in [0.2, 0.25) is 0 Å². The summed E-state index contributed by atoms with van der Waals surface area (Å²) in [6.07, 6.45) is 0. The SMILES string of the molecule is c1ccc2c(c1)oc1c(-c3ccc(-n4c5ccccc5c5c6ccccc6c6c7ccccc7oc6c54)cc3)cccc12. The normalized spacial score (nSPS) is 12.2. The highest BCUT2D eigenvalue weighted by Gasteiger charge is 2.22. The molecule has 0 aliphatic heterocycles. The van der Waals surface area contributed by atoms with Gasteiger partial charge < -0.3 is 13.4 Å². The molecule has 0 saturated heterocycles. The summed E-state index contributed by atoms with van der Waals surface area (Å²) in [6.45, 7) is 0. The van der Waals surface area contributed by atoms with Gasteiger partial charge in [-0.25, -0.2) is 0 Å². The Balaban J connectivity index is 1.28. The lowest BCUT2D eigenvalue weighted by Gasteiger charge is -2.11. The zero-order valence-corrected chi connectivity index (χ0v) is 23.0. The second-order valence-electron chi connectivity index (χ2n) is 11.3. The first-order chi connectivity index (χ1) is 21.3. The first-order valence-electron chi connectivity index (χ1n) is 14.6. The summed E-state index contributed by atoms with van der Waals surface area (Å²) in [5.74, 6) is 0. The first kappa shape index (κ1) is 22.8. The van der Waals surface area contributed by atoms with Crippen LogP contribution in [0.25, 0.3) is 93.3 Å². The smallest absolute Gasteiger partial charge is 0.160 e. The van der Waals surface area contributed by atoms with E-state index in [1.165, 1.54) is 21.5 Å². The lowest BCUT2D eigenvalue weighted by Crippen LogP contribution is -1.94. The van der Waals surface area contributed by atoms with Gasteiger partial charge in [0.05, 0.1) is 11.0 Å². The molecule has 43 heavy (non-hydrogen) atoms. The predicted molar refractivity (Wildman–Crippen MR) is 178 cm³/mol. The van der Waals surface area contributed by atoms with Crippen molar-refractivity contribution in [1.82, 2.24) is 4.57 Å². The molecule has 3 aromatic heterocycles. The highest BCUT2D eigenvalue weighted by atomic mass is 16.3. The third kappa shape index (κ3) is 3.03. The Kier molecular flexibility index (Phi) is 4.45. The number of furan rings is 2. The number of nitrogens with zero attached hydrogens (tertiary/aromatic N) is 1. The van der Waals surface area contributed by atoms with E-state index in [0.717, 1.165) is 71.7 Å². The Morgan fingerprint density at radius 1 is 0.395 bits per heavy atom. The number of benzene rings is 7. The summed E-state index contributed by atoms with van der Waals surface area (Å²) < 4.78 is 15.4. The minimum absolute atomic E-state index is 0.904. The second-order valence-corrected chi connectivity index (χ2v) is 11.3. The molecule has 3 heteroatoms. The number of fused-ring (bicyclic) bond motifs is 13. The van der Waals surface area contributed by atoms with Crippen LogP contribution >= 0.6 is 0 Å². The Morgan fingerprint density at radius 3 is 1.77 bits per heavy atom. The fourth-order valence-electron chi connectivity index (χ4n) is 7.16. The Bertz CT molecular complexity index is 2720. The molecule has 0 unspecified atom stereocenters. The standard InChI is InChI=1S/C40H23NO2/c1-2-12-29-28(11-1)36-31-13-3-6-17-33(31)41(38(36)40-37(29)32-14-5-8-19-35(32)43-40)25-22-20-24(21-23-25)26-15-9-16-30-27-10-4-7-18-34(27)42-39(26)30/h1-23H. The van der Waals surface area contributed by atoms with Crippen LogP contribution in [0, 0.1) is 0 Å². The van der Waals surface area contributed by atoms with E-state index in [1.54, 1.807) is 0 Å². The second kappa shape index (κ2) is 8.37. The third-order valence-corrected chi connectivity index (χ3v) is 8.99. The highest BCUT2D eigenvalue weighted by molar-refractivity contribution is 6.35. The van der Waals surface area contributed by atoms with Gasteiger partial charge in [0.2, 0.25) is 0 Å². The maximum atomic E-state index is 6.70. The lowest BCUT2D eigenvalue weighted by atomic mass is 9.99. The number of hydrogen-bond donors (Lipinski definition) is 0. The largest absolute Gasteiger partial charge is 0.455 e. The van der Waals surface area contributed by atoms with Gasteiger partial charge in [-0.2, -0.15) is 0 Å². The van der Waals surface area contributed by atoms with E-state index < -0.39 is 0 Å². The van der Waals surface area contributed by atoms with Gasteiger partial charge >= 0.3 is 0 Å². The quantitative estimate of drug-likeness (QED) is 0.215. The van der Waals surface area contributed by atoms with Crippen LogP contribution in [-0.2, 0) is 0 Å². The van der Waals surface area contributed by atoms with Crippen LogP contribution < -0.4 is 0 Å². The molecule has 0 spiro atoms. The molecule has 3 heterocycles. The van der Waals surface area contributed by atoms with Crippen LogP contribution in [-0.4, -0.2) is 4.57 Å². The molecule has 10 aromatic rings. The van der Waals surface area contributed by atoms with Gasteiger partial charge in [-0.1, -0.05) is 109 Å². The average Bonchev–Trinajstić information content (AvgIpc) is 3.75. The molecule has 200 valence electrons. The Hall–Kier alpha value is -5.80. The molecule has 3 nitrogen and oxygen atoms in total. The Morgan fingerprint density at radius 2 is 0.977 bits per heavy atom. The molecule has 0 aliphatic carbocycles.